The van der Waals surface area contributed by atoms with E-state index in [1.54, 1.807) is 5.43 Å². The van der Waals surface area contributed by atoms with Gasteiger partial charge in [-0.2, -0.15) is 0 Å². The maximum absolute atomic E-state index is 10.4. The summed E-state index contributed by atoms with van der Waals surface area (Å²) < 4.78 is 0. The molecule has 7 nitrogen and oxygen atoms in total. The first kappa shape index (κ1) is 9.67. The number of hydrogen-bond donors (Lipinski definition) is 1. The highest BCUT2D eigenvalue weighted by atomic mass is 35.5. The van der Waals surface area contributed by atoms with Crippen molar-refractivity contribution in [3.05, 3.63) is 15.3 Å². The minimum Gasteiger partial charge on any atom is -0.262 e. The molecule has 0 rings (SSSR count). The Bertz CT molecular complexity index is 210. The van der Waals surface area contributed by atoms with Gasteiger partial charge in [-0.25, -0.2) is 0 Å². The Morgan fingerprint density at radius 1 is 1.82 bits per heavy atom. The van der Waals surface area contributed by atoms with Crippen molar-refractivity contribution >= 4 is 17.6 Å². The molecule has 8 heteroatoms. The molecule has 0 heterocycles. The second kappa shape index (κ2) is 5.45. The third-order valence-electron chi connectivity index (χ3n) is 0.643. The maximum atomic E-state index is 10.4. The molecule has 0 aromatic heterocycles. The number of nitroso groups, excluding NO2 is 1. The number of carbonyl (C=O) groups excluding carboxylic acids is 1. The molecule has 0 bridgehead atoms. The van der Waals surface area contributed by atoms with Crippen LogP contribution < -0.4 is 5.43 Å². The molecule has 11 heavy (non-hydrogen) atoms. The number of hydrazine groups is 1. The van der Waals surface area contributed by atoms with Gasteiger partial charge >= 0.3 is 6.03 Å². The molecule has 60 valence electrons. The lowest BCUT2D eigenvalue weighted by Crippen LogP contribution is -2.31. The van der Waals surface area contributed by atoms with Gasteiger partial charge < -0.3 is 0 Å². The zero-order valence-electron chi connectivity index (χ0n) is 5.40. The fourth-order valence-electron chi connectivity index (χ4n) is 0.302. The second-order valence-corrected chi connectivity index (χ2v) is 1.78. The highest BCUT2D eigenvalue weighted by Gasteiger charge is 2.09. The topological polar surface area (TPSA) is 97.9 Å². The van der Waals surface area contributed by atoms with E-state index in [1.807, 2.05) is 0 Å². The van der Waals surface area contributed by atoms with E-state index in [9.17, 15) is 9.70 Å². The SMILES string of the molecule is [N-]=[N+]=NC(=O)N[N+](=O)CCCl. The van der Waals surface area contributed by atoms with Crippen molar-refractivity contribution < 1.29 is 9.66 Å². The number of azide groups is 1. The van der Waals surface area contributed by atoms with Crippen LogP contribution in [0.1, 0.15) is 0 Å². The molecule has 0 unspecified atom stereocenters. The molecular formula is C3H5ClN5O2+. The van der Waals surface area contributed by atoms with Crippen LogP contribution in [0.3, 0.4) is 0 Å². The maximum Gasteiger partial charge on any atom is 0.365 e. The molecule has 0 fully saturated rings. The zero-order valence-corrected chi connectivity index (χ0v) is 6.15. The van der Waals surface area contributed by atoms with Gasteiger partial charge in [0.1, 0.15) is 4.87 Å². The van der Waals surface area contributed by atoms with E-state index in [-0.39, 0.29) is 17.3 Å². The Labute approximate surface area is 66.5 Å². The van der Waals surface area contributed by atoms with Crippen LogP contribution in [0.4, 0.5) is 4.79 Å². The summed E-state index contributed by atoms with van der Waals surface area (Å²) in [4.78, 5) is 23.1. The van der Waals surface area contributed by atoms with Crippen LogP contribution in [0.25, 0.3) is 10.4 Å². The average molecular weight is 179 g/mol. The van der Waals surface area contributed by atoms with E-state index in [0.717, 1.165) is 0 Å². The van der Waals surface area contributed by atoms with Gasteiger partial charge in [-0.3, -0.25) is 4.79 Å². The normalized spacial score (nSPS) is 8.09. The molecule has 0 spiro atoms. The van der Waals surface area contributed by atoms with Gasteiger partial charge in [-0.05, 0) is 5.53 Å². The molecule has 0 atom stereocenters. The second-order valence-electron chi connectivity index (χ2n) is 1.40. The van der Waals surface area contributed by atoms with E-state index >= 15 is 0 Å². The Morgan fingerprint density at radius 2 is 2.45 bits per heavy atom. The number of hydrogen-bond acceptors (Lipinski definition) is 2. The van der Waals surface area contributed by atoms with E-state index in [4.69, 9.17) is 17.1 Å². The number of amides is 2. The predicted molar refractivity (Wildman–Crippen MR) is 36.9 cm³/mol. The molecule has 0 aliphatic carbocycles. The number of nitrogens with one attached hydrogen (secondary N) is 1. The number of alkyl halides is 1. The highest BCUT2D eigenvalue weighted by Crippen LogP contribution is 1.77. The number of carbonyl (C=O) groups is 1. The lowest BCUT2D eigenvalue weighted by Gasteiger charge is -1.86. The van der Waals surface area contributed by atoms with E-state index < -0.39 is 6.03 Å². The zero-order chi connectivity index (χ0) is 8.69. The van der Waals surface area contributed by atoms with Gasteiger partial charge in [0.2, 0.25) is 6.54 Å². The summed E-state index contributed by atoms with van der Waals surface area (Å²) in [5.74, 6) is 0.0834. The van der Waals surface area contributed by atoms with E-state index in [0.29, 0.717) is 0 Å². The molecule has 0 aromatic rings. The van der Waals surface area contributed by atoms with Crippen molar-refractivity contribution in [1.29, 1.82) is 0 Å². The summed E-state index contributed by atoms with van der Waals surface area (Å²) in [5.41, 5.74) is 9.45. The molecular weight excluding hydrogens is 174 g/mol. The summed E-state index contributed by atoms with van der Waals surface area (Å²) in [5, 5.41) is 2.59. The fourth-order valence-corrected chi connectivity index (χ4v) is 0.456. The third kappa shape index (κ3) is 5.13. The Balaban J connectivity index is 3.75. The van der Waals surface area contributed by atoms with Crippen LogP contribution in [0, 0.1) is 4.91 Å². The van der Waals surface area contributed by atoms with Crippen molar-refractivity contribution in [3.63, 3.8) is 0 Å². The quantitative estimate of drug-likeness (QED) is 0.174. The van der Waals surface area contributed by atoms with Crippen LogP contribution in [0.5, 0.6) is 0 Å². The van der Waals surface area contributed by atoms with E-state index in [2.05, 4.69) is 10.0 Å². The predicted octanol–water partition coefficient (Wildman–Crippen LogP) is 0.939. The molecule has 0 aliphatic rings. The average Bonchev–Trinajstić information content (AvgIpc) is 1.87. The first-order valence-corrected chi connectivity index (χ1v) is 3.10. The van der Waals surface area contributed by atoms with Crippen molar-refractivity contribution in [1.82, 2.24) is 5.43 Å². The fraction of sp³-hybridized carbons (Fsp3) is 0.667. The first-order chi connectivity index (χ1) is 5.20. The monoisotopic (exact) mass is 178 g/mol. The molecule has 1 N–H and O–H groups in total. The van der Waals surface area contributed by atoms with Crippen LogP contribution >= 0.6 is 11.6 Å². The Morgan fingerprint density at radius 3 is 2.91 bits per heavy atom. The summed E-state index contributed by atoms with van der Waals surface area (Å²) in [6.45, 7) is -0.0613. The number of urea groups is 1. The molecule has 0 radical (unpaired) electrons. The minimum atomic E-state index is -1.05. The van der Waals surface area contributed by atoms with Crippen LogP contribution in [0.2, 0.25) is 0 Å². The van der Waals surface area contributed by atoms with Gasteiger partial charge in [0.05, 0.1) is 10.8 Å². The number of halogens is 1. The smallest absolute Gasteiger partial charge is 0.262 e. The summed E-state index contributed by atoms with van der Waals surface area (Å²) in [6, 6.07) is -1.05. The van der Waals surface area contributed by atoms with Gasteiger partial charge in [-0.1, -0.05) is 5.43 Å². The molecule has 0 aliphatic heterocycles. The summed E-state index contributed by atoms with van der Waals surface area (Å²) in [7, 11) is 0. The van der Waals surface area contributed by atoms with E-state index in [1.165, 1.54) is 0 Å². The molecule has 0 saturated heterocycles. The van der Waals surface area contributed by atoms with Gasteiger partial charge in [-0.15, -0.1) is 11.6 Å². The Hall–Kier alpha value is -1.33. The van der Waals surface area contributed by atoms with Crippen LogP contribution in [-0.2, 0) is 0 Å². The van der Waals surface area contributed by atoms with Crippen LogP contribution in [-0.4, -0.2) is 23.3 Å². The van der Waals surface area contributed by atoms with Crippen molar-refractivity contribution in [2.45, 2.75) is 0 Å². The number of nitrogens with zero attached hydrogens (tertiary/aromatic N) is 4. The minimum absolute atomic E-state index is 0.0613. The largest absolute Gasteiger partial charge is 0.365 e. The van der Waals surface area contributed by atoms with Crippen LogP contribution in [0.15, 0.2) is 5.11 Å². The summed E-state index contributed by atoms with van der Waals surface area (Å²) in [6.07, 6.45) is 0. The Kier molecular flexibility index (Phi) is 4.80. The summed E-state index contributed by atoms with van der Waals surface area (Å²) >= 11 is 5.16. The van der Waals surface area contributed by atoms with Crippen molar-refractivity contribution in [2.75, 3.05) is 12.4 Å². The first-order valence-electron chi connectivity index (χ1n) is 2.57. The number of rotatable bonds is 3. The third-order valence-corrected chi connectivity index (χ3v) is 0.813. The van der Waals surface area contributed by atoms with Gasteiger partial charge in [0.15, 0.2) is 0 Å². The van der Waals surface area contributed by atoms with Crippen molar-refractivity contribution in [2.24, 2.45) is 5.11 Å². The molecule has 2 amide bonds. The standard InChI is InChI=1S/C3H4ClN5O2/c4-1-2-9(11)7-3(10)6-8-5/h1-2H2/p+1. The van der Waals surface area contributed by atoms with Crippen molar-refractivity contribution in [3.8, 4) is 0 Å². The van der Waals surface area contributed by atoms with Gasteiger partial charge in [0, 0.05) is 10.0 Å². The molecule has 0 saturated carbocycles. The lowest BCUT2D eigenvalue weighted by atomic mass is 10.8. The lowest BCUT2D eigenvalue weighted by molar-refractivity contribution is -0.588. The molecule has 0 aromatic carbocycles. The van der Waals surface area contributed by atoms with Gasteiger partial charge in [0.25, 0.3) is 0 Å². The highest BCUT2D eigenvalue weighted by molar-refractivity contribution is 6.17.